The van der Waals surface area contributed by atoms with Crippen LogP contribution in [0.2, 0.25) is 0 Å². The third-order valence-corrected chi connectivity index (χ3v) is 3.74. The second-order valence-corrected chi connectivity index (χ2v) is 4.97. The minimum absolute atomic E-state index is 0.0421. The largest absolute Gasteiger partial charge is 0.433 e. The highest BCUT2D eigenvalue weighted by Gasteiger charge is 2.33. The van der Waals surface area contributed by atoms with Gasteiger partial charge in [-0.25, -0.2) is 4.98 Å². The van der Waals surface area contributed by atoms with Gasteiger partial charge in [0.2, 0.25) is 0 Å². The van der Waals surface area contributed by atoms with E-state index in [-0.39, 0.29) is 17.8 Å². The van der Waals surface area contributed by atoms with Crippen LogP contribution in [0, 0.1) is 6.92 Å². The first kappa shape index (κ1) is 17.4. The molecular weight excluding hydrogens is 283 g/mol. The van der Waals surface area contributed by atoms with Crippen LogP contribution in [0.25, 0.3) is 0 Å². The Morgan fingerprint density at radius 3 is 2.24 bits per heavy atom. The van der Waals surface area contributed by atoms with Crippen molar-refractivity contribution in [3.05, 3.63) is 29.1 Å². The van der Waals surface area contributed by atoms with Crippen molar-refractivity contribution in [3.63, 3.8) is 0 Å². The molecular formula is C14H20F3N3O. The molecule has 0 saturated heterocycles. The molecule has 21 heavy (non-hydrogen) atoms. The number of nitrogens with two attached hydrogens (primary N) is 1. The fourth-order valence-electron chi connectivity index (χ4n) is 2.03. The second kappa shape index (κ2) is 6.43. The summed E-state index contributed by atoms with van der Waals surface area (Å²) in [5, 5.41) is 2.81. The zero-order valence-electron chi connectivity index (χ0n) is 12.3. The standard InChI is InChI=1S/C14H20F3N3O/c1-4-13(5-2,8-18)20-12(21)10-6-7-11(14(15,16)17)19-9(10)3/h6-7H,4-5,8,18H2,1-3H3,(H,20,21). The van der Waals surface area contributed by atoms with Gasteiger partial charge in [0.25, 0.3) is 5.91 Å². The van der Waals surface area contributed by atoms with Crippen LogP contribution in [0.4, 0.5) is 13.2 Å². The summed E-state index contributed by atoms with van der Waals surface area (Å²) >= 11 is 0. The average Bonchev–Trinajstić information content (AvgIpc) is 2.43. The number of hydrogen-bond donors (Lipinski definition) is 2. The van der Waals surface area contributed by atoms with Gasteiger partial charge in [-0.15, -0.1) is 0 Å². The molecule has 0 aliphatic rings. The van der Waals surface area contributed by atoms with Gasteiger partial charge >= 0.3 is 6.18 Å². The Kier molecular flexibility index (Phi) is 5.33. The Balaban J connectivity index is 3.04. The second-order valence-electron chi connectivity index (χ2n) is 4.97. The van der Waals surface area contributed by atoms with Crippen molar-refractivity contribution in [1.29, 1.82) is 0 Å². The normalized spacial score (nSPS) is 12.3. The molecule has 1 aromatic heterocycles. The average molecular weight is 303 g/mol. The molecule has 0 aromatic carbocycles. The number of carbonyl (C=O) groups is 1. The molecule has 118 valence electrons. The van der Waals surface area contributed by atoms with E-state index in [9.17, 15) is 18.0 Å². The summed E-state index contributed by atoms with van der Waals surface area (Å²) in [6.07, 6.45) is -3.24. The fourth-order valence-corrected chi connectivity index (χ4v) is 2.03. The van der Waals surface area contributed by atoms with Gasteiger partial charge in [-0.3, -0.25) is 4.79 Å². The number of amides is 1. The van der Waals surface area contributed by atoms with E-state index in [1.54, 1.807) is 0 Å². The van der Waals surface area contributed by atoms with Gasteiger partial charge in [0.1, 0.15) is 5.69 Å². The lowest BCUT2D eigenvalue weighted by Crippen LogP contribution is -2.53. The van der Waals surface area contributed by atoms with Crippen molar-refractivity contribution in [2.75, 3.05) is 6.54 Å². The molecule has 0 atom stereocenters. The van der Waals surface area contributed by atoms with Crippen LogP contribution in [0.3, 0.4) is 0 Å². The topological polar surface area (TPSA) is 68.0 Å². The zero-order valence-corrected chi connectivity index (χ0v) is 12.3. The highest BCUT2D eigenvalue weighted by molar-refractivity contribution is 5.95. The Hall–Kier alpha value is -1.63. The van der Waals surface area contributed by atoms with Gasteiger partial charge in [-0.1, -0.05) is 13.8 Å². The summed E-state index contributed by atoms with van der Waals surface area (Å²) in [6.45, 7) is 5.44. The summed E-state index contributed by atoms with van der Waals surface area (Å²) in [5.74, 6) is -0.456. The van der Waals surface area contributed by atoms with E-state index < -0.39 is 23.3 Å². The number of aryl methyl sites for hydroxylation is 1. The summed E-state index contributed by atoms with van der Waals surface area (Å²) in [5.41, 5.74) is 4.31. The number of nitrogens with zero attached hydrogens (tertiary/aromatic N) is 1. The summed E-state index contributed by atoms with van der Waals surface area (Å²) in [6, 6.07) is 1.96. The summed E-state index contributed by atoms with van der Waals surface area (Å²) in [4.78, 5) is 15.7. The van der Waals surface area contributed by atoms with Crippen LogP contribution < -0.4 is 11.1 Å². The van der Waals surface area contributed by atoms with Crippen LogP contribution in [0.5, 0.6) is 0 Å². The van der Waals surface area contributed by atoms with Crippen LogP contribution in [-0.4, -0.2) is 23.0 Å². The zero-order chi connectivity index (χ0) is 16.3. The van der Waals surface area contributed by atoms with E-state index in [4.69, 9.17) is 5.73 Å². The number of carbonyl (C=O) groups excluding carboxylic acids is 1. The Bertz CT molecular complexity index is 502. The molecule has 0 fully saturated rings. The van der Waals surface area contributed by atoms with E-state index in [2.05, 4.69) is 10.3 Å². The third kappa shape index (κ3) is 3.93. The minimum Gasteiger partial charge on any atom is -0.345 e. The number of aromatic nitrogens is 1. The fraction of sp³-hybridized carbons (Fsp3) is 0.571. The maximum Gasteiger partial charge on any atom is 0.433 e. The van der Waals surface area contributed by atoms with Crippen LogP contribution in [-0.2, 0) is 6.18 Å². The van der Waals surface area contributed by atoms with E-state index >= 15 is 0 Å². The molecule has 1 rings (SSSR count). The molecule has 0 spiro atoms. The van der Waals surface area contributed by atoms with Gasteiger partial charge in [-0.2, -0.15) is 13.2 Å². The van der Waals surface area contributed by atoms with Crippen molar-refractivity contribution < 1.29 is 18.0 Å². The molecule has 1 heterocycles. The van der Waals surface area contributed by atoms with Crippen molar-refractivity contribution in [2.24, 2.45) is 5.73 Å². The van der Waals surface area contributed by atoms with E-state index in [0.29, 0.717) is 12.8 Å². The number of alkyl halides is 3. The van der Waals surface area contributed by atoms with E-state index in [0.717, 1.165) is 12.1 Å². The first-order valence-corrected chi connectivity index (χ1v) is 6.76. The summed E-state index contributed by atoms with van der Waals surface area (Å²) in [7, 11) is 0. The number of halogens is 3. The predicted molar refractivity (Wildman–Crippen MR) is 73.8 cm³/mol. The number of rotatable bonds is 5. The monoisotopic (exact) mass is 303 g/mol. The highest BCUT2D eigenvalue weighted by Crippen LogP contribution is 2.28. The van der Waals surface area contributed by atoms with Gasteiger partial charge in [0, 0.05) is 6.54 Å². The molecule has 4 nitrogen and oxygen atoms in total. The first-order valence-electron chi connectivity index (χ1n) is 6.76. The van der Waals surface area contributed by atoms with Crippen LogP contribution in [0.1, 0.15) is 48.4 Å². The maximum atomic E-state index is 12.6. The molecule has 1 aromatic rings. The minimum atomic E-state index is -4.52. The SMILES string of the molecule is CCC(CC)(CN)NC(=O)c1ccc(C(F)(F)F)nc1C. The molecule has 0 saturated carbocycles. The van der Waals surface area contributed by atoms with Crippen molar-refractivity contribution in [2.45, 2.75) is 45.3 Å². The third-order valence-electron chi connectivity index (χ3n) is 3.74. The molecule has 0 unspecified atom stereocenters. The van der Waals surface area contributed by atoms with E-state index in [1.165, 1.54) is 6.92 Å². The van der Waals surface area contributed by atoms with E-state index in [1.807, 2.05) is 13.8 Å². The quantitative estimate of drug-likeness (QED) is 0.878. The summed E-state index contributed by atoms with van der Waals surface area (Å²) < 4.78 is 37.7. The lowest BCUT2D eigenvalue weighted by atomic mass is 9.92. The molecule has 0 aliphatic heterocycles. The molecule has 0 radical (unpaired) electrons. The highest BCUT2D eigenvalue weighted by atomic mass is 19.4. The number of nitrogens with one attached hydrogen (secondary N) is 1. The van der Waals surface area contributed by atoms with Gasteiger partial charge < -0.3 is 11.1 Å². The molecule has 0 aliphatic carbocycles. The Morgan fingerprint density at radius 1 is 1.29 bits per heavy atom. The van der Waals surface area contributed by atoms with Gasteiger partial charge in [0.05, 0.1) is 16.8 Å². The molecule has 3 N–H and O–H groups in total. The van der Waals surface area contributed by atoms with Crippen molar-refractivity contribution >= 4 is 5.91 Å². The lowest BCUT2D eigenvalue weighted by Gasteiger charge is -2.31. The first-order chi connectivity index (χ1) is 9.69. The van der Waals surface area contributed by atoms with Gasteiger partial charge in [0.15, 0.2) is 0 Å². The molecule has 0 bridgehead atoms. The smallest absolute Gasteiger partial charge is 0.345 e. The van der Waals surface area contributed by atoms with Gasteiger partial charge in [-0.05, 0) is 31.9 Å². The maximum absolute atomic E-state index is 12.6. The predicted octanol–water partition coefficient (Wildman–Crippen LogP) is 2.66. The molecule has 7 heteroatoms. The van der Waals surface area contributed by atoms with Crippen LogP contribution >= 0.6 is 0 Å². The Labute approximate surface area is 121 Å². The number of pyridine rings is 1. The van der Waals surface area contributed by atoms with Crippen molar-refractivity contribution in [1.82, 2.24) is 10.3 Å². The lowest BCUT2D eigenvalue weighted by molar-refractivity contribution is -0.141. The van der Waals surface area contributed by atoms with Crippen LogP contribution in [0.15, 0.2) is 12.1 Å². The Morgan fingerprint density at radius 2 is 1.86 bits per heavy atom. The molecule has 1 amide bonds. The number of hydrogen-bond acceptors (Lipinski definition) is 3. The van der Waals surface area contributed by atoms with Crippen molar-refractivity contribution in [3.8, 4) is 0 Å².